The van der Waals surface area contributed by atoms with Crippen LogP contribution in [0.1, 0.15) is 21.5 Å². The van der Waals surface area contributed by atoms with Crippen molar-refractivity contribution in [1.82, 2.24) is 4.98 Å². The fraction of sp³-hybridized carbons (Fsp3) is 0.261. The monoisotopic (exact) mass is 376 g/mol. The molecule has 3 N–H and O–H groups in total. The van der Waals surface area contributed by atoms with Crippen LogP contribution in [0.15, 0.2) is 60.8 Å². The van der Waals surface area contributed by atoms with Crippen molar-refractivity contribution in [3.8, 4) is 0 Å². The molecule has 1 aliphatic heterocycles. The summed E-state index contributed by atoms with van der Waals surface area (Å²) in [7, 11) is 0. The molecule has 0 atom stereocenters. The number of aromatic nitrogens is 1. The molecule has 0 unspecified atom stereocenters. The molecule has 0 amide bonds. The van der Waals surface area contributed by atoms with Crippen LogP contribution in [-0.4, -0.2) is 43.7 Å². The lowest BCUT2D eigenvalue weighted by Gasteiger charge is -2.29. The third-order valence-corrected chi connectivity index (χ3v) is 5.64. The number of hydrogen-bond acceptors (Lipinski definition) is 2. The Morgan fingerprint density at radius 3 is 2.50 bits per heavy atom. The van der Waals surface area contributed by atoms with Crippen molar-refractivity contribution in [2.45, 2.75) is 6.54 Å². The number of hydrogen-bond donors (Lipinski definition) is 3. The summed E-state index contributed by atoms with van der Waals surface area (Å²) in [5.74, 6) is -1.13. The minimum Gasteiger partial charge on any atom is -0.545 e. The van der Waals surface area contributed by atoms with E-state index in [1.165, 1.54) is 11.1 Å². The molecule has 5 nitrogen and oxygen atoms in total. The summed E-state index contributed by atoms with van der Waals surface area (Å²) in [4.78, 5) is 17.6. The van der Waals surface area contributed by atoms with E-state index in [9.17, 15) is 9.90 Å². The van der Waals surface area contributed by atoms with Crippen molar-refractivity contribution in [1.29, 1.82) is 0 Å². The molecule has 1 fully saturated rings. The van der Waals surface area contributed by atoms with Gasteiger partial charge in [-0.15, -0.1) is 0 Å². The summed E-state index contributed by atoms with van der Waals surface area (Å²) in [5.41, 5.74) is 3.34. The standard InChI is InChI=1S/C23H25N3O2/c27-23(28)21-10-4-9-20-19(16-24-22(20)21)17-26-14-12-25(13-15-26)11-5-8-18-6-2-1-3-7-18/h1-10,16,24H,11-15,17H2,(H,27,28)/p+1/b8-5+. The second-order valence-corrected chi connectivity index (χ2v) is 7.52. The lowest BCUT2D eigenvalue weighted by molar-refractivity contribution is -1.02. The molecule has 5 heteroatoms. The Hall–Kier alpha value is -2.89. The molecule has 0 saturated carbocycles. The van der Waals surface area contributed by atoms with Crippen LogP contribution < -0.4 is 14.9 Å². The molecule has 3 aromatic rings. The van der Waals surface area contributed by atoms with Gasteiger partial charge in [0.1, 0.15) is 32.7 Å². The van der Waals surface area contributed by atoms with Gasteiger partial charge >= 0.3 is 0 Å². The van der Waals surface area contributed by atoms with Crippen molar-refractivity contribution in [2.75, 3.05) is 32.7 Å². The lowest BCUT2D eigenvalue weighted by Crippen LogP contribution is -3.27. The first-order chi connectivity index (χ1) is 13.7. The number of carboxylic acids is 1. The van der Waals surface area contributed by atoms with Gasteiger partial charge < -0.3 is 24.7 Å². The Kier molecular flexibility index (Phi) is 5.55. The summed E-state index contributed by atoms with van der Waals surface area (Å²) in [5, 5.41) is 12.3. The molecule has 1 aromatic heterocycles. The van der Waals surface area contributed by atoms with E-state index < -0.39 is 5.97 Å². The highest BCUT2D eigenvalue weighted by molar-refractivity contribution is 6.02. The van der Waals surface area contributed by atoms with E-state index in [1.807, 2.05) is 18.3 Å². The Labute approximate surface area is 164 Å². The van der Waals surface area contributed by atoms with E-state index in [1.54, 1.807) is 21.9 Å². The van der Waals surface area contributed by atoms with Gasteiger partial charge in [-0.05, 0) is 11.6 Å². The van der Waals surface area contributed by atoms with Gasteiger partial charge in [0.05, 0.1) is 18.0 Å². The molecule has 0 bridgehead atoms. The number of carboxylic acid groups (broad SMARTS) is 1. The number of aromatic carboxylic acids is 1. The average Bonchev–Trinajstić information content (AvgIpc) is 3.13. The molecule has 0 radical (unpaired) electrons. The first-order valence-electron chi connectivity index (χ1n) is 9.90. The van der Waals surface area contributed by atoms with Gasteiger partial charge in [-0.3, -0.25) is 0 Å². The number of benzene rings is 2. The smallest absolute Gasteiger partial charge is 0.127 e. The fourth-order valence-corrected chi connectivity index (χ4v) is 4.06. The number of H-pyrrole nitrogens is 1. The van der Waals surface area contributed by atoms with Crippen LogP contribution in [0.3, 0.4) is 0 Å². The maximum absolute atomic E-state index is 11.3. The van der Waals surface area contributed by atoms with Gasteiger partial charge in [-0.25, -0.2) is 0 Å². The summed E-state index contributed by atoms with van der Waals surface area (Å²) >= 11 is 0. The van der Waals surface area contributed by atoms with E-state index in [-0.39, 0.29) is 5.56 Å². The molecule has 28 heavy (non-hydrogen) atoms. The van der Waals surface area contributed by atoms with Gasteiger partial charge in [0.2, 0.25) is 0 Å². The van der Waals surface area contributed by atoms with Gasteiger partial charge in [-0.2, -0.15) is 0 Å². The first kappa shape index (κ1) is 18.5. The zero-order valence-electron chi connectivity index (χ0n) is 15.9. The number of piperazine rings is 1. The number of quaternary nitrogens is 2. The highest BCUT2D eigenvalue weighted by Gasteiger charge is 2.23. The van der Waals surface area contributed by atoms with Gasteiger partial charge in [0.15, 0.2) is 0 Å². The fourth-order valence-electron chi connectivity index (χ4n) is 4.06. The predicted molar refractivity (Wildman–Crippen MR) is 108 cm³/mol. The normalized spacial score (nSPS) is 20.0. The van der Waals surface area contributed by atoms with Crippen LogP contribution in [0.4, 0.5) is 0 Å². The second-order valence-electron chi connectivity index (χ2n) is 7.52. The van der Waals surface area contributed by atoms with E-state index in [4.69, 9.17) is 0 Å². The second kappa shape index (κ2) is 8.42. The minimum absolute atomic E-state index is 0.234. The molecule has 144 valence electrons. The van der Waals surface area contributed by atoms with Crippen LogP contribution in [0.2, 0.25) is 0 Å². The van der Waals surface area contributed by atoms with E-state index in [2.05, 4.69) is 41.4 Å². The van der Waals surface area contributed by atoms with Crippen molar-refractivity contribution in [3.05, 3.63) is 77.5 Å². The molecule has 2 aromatic carbocycles. The van der Waals surface area contributed by atoms with E-state index >= 15 is 0 Å². The van der Waals surface area contributed by atoms with E-state index in [0.29, 0.717) is 5.52 Å². The Morgan fingerprint density at radius 2 is 1.75 bits per heavy atom. The highest BCUT2D eigenvalue weighted by Crippen LogP contribution is 2.20. The highest BCUT2D eigenvalue weighted by atomic mass is 16.4. The lowest BCUT2D eigenvalue weighted by atomic mass is 10.1. The van der Waals surface area contributed by atoms with Gasteiger partial charge in [-0.1, -0.05) is 54.6 Å². The topological polar surface area (TPSA) is 64.8 Å². The van der Waals surface area contributed by atoms with Crippen molar-refractivity contribution >= 4 is 22.9 Å². The van der Waals surface area contributed by atoms with Crippen LogP contribution in [0.25, 0.3) is 17.0 Å². The SMILES string of the molecule is O=C([O-])c1cccc2c(C[NH+]3CC[NH+](C/C=C/c4ccccc4)CC3)c[nH]c12. The maximum atomic E-state index is 11.3. The summed E-state index contributed by atoms with van der Waals surface area (Å²) in [6, 6.07) is 15.8. The number of para-hydroxylation sites is 1. The molecule has 1 saturated heterocycles. The van der Waals surface area contributed by atoms with E-state index in [0.717, 1.165) is 44.7 Å². The number of fused-ring (bicyclic) bond motifs is 1. The molecule has 4 rings (SSSR count). The third kappa shape index (κ3) is 4.16. The predicted octanol–water partition coefficient (Wildman–Crippen LogP) is -0.472. The third-order valence-electron chi connectivity index (χ3n) is 5.64. The number of carbonyl (C=O) groups is 1. The molecular weight excluding hydrogens is 350 g/mol. The van der Waals surface area contributed by atoms with Crippen LogP contribution in [0.5, 0.6) is 0 Å². The largest absolute Gasteiger partial charge is 0.545 e. The quantitative estimate of drug-likeness (QED) is 0.545. The Balaban J connectivity index is 1.32. The van der Waals surface area contributed by atoms with Crippen LogP contribution in [-0.2, 0) is 6.54 Å². The van der Waals surface area contributed by atoms with Crippen LogP contribution in [0, 0.1) is 0 Å². The number of carbonyl (C=O) groups excluding carboxylic acids is 1. The summed E-state index contributed by atoms with van der Waals surface area (Å²) in [6.07, 6.45) is 6.43. The maximum Gasteiger partial charge on any atom is 0.127 e. The molecule has 2 heterocycles. The minimum atomic E-state index is -1.13. The first-order valence-corrected chi connectivity index (χ1v) is 9.90. The van der Waals surface area contributed by atoms with Crippen LogP contribution >= 0.6 is 0 Å². The van der Waals surface area contributed by atoms with Gasteiger partial charge in [0, 0.05) is 22.7 Å². The zero-order valence-corrected chi connectivity index (χ0v) is 15.9. The zero-order chi connectivity index (χ0) is 19.3. The summed E-state index contributed by atoms with van der Waals surface area (Å²) in [6.45, 7) is 6.54. The molecular formula is C23H26N3O2+. The average molecular weight is 376 g/mol. The van der Waals surface area contributed by atoms with Gasteiger partial charge in [0.25, 0.3) is 0 Å². The Morgan fingerprint density at radius 1 is 1.00 bits per heavy atom. The Bertz CT molecular complexity index is 970. The van der Waals surface area contributed by atoms with Crippen molar-refractivity contribution in [3.63, 3.8) is 0 Å². The van der Waals surface area contributed by atoms with Crippen molar-refractivity contribution in [2.24, 2.45) is 0 Å². The number of nitrogens with one attached hydrogen (secondary N) is 3. The number of aromatic amines is 1. The molecule has 0 spiro atoms. The number of rotatable bonds is 6. The van der Waals surface area contributed by atoms with Crippen molar-refractivity contribution < 1.29 is 19.7 Å². The summed E-state index contributed by atoms with van der Waals surface area (Å²) < 4.78 is 0. The molecule has 0 aliphatic carbocycles. The molecule has 1 aliphatic rings.